The van der Waals surface area contributed by atoms with Crippen LogP contribution in [0.4, 0.5) is 10.7 Å². The van der Waals surface area contributed by atoms with Crippen LogP contribution in [-0.4, -0.2) is 10.2 Å². The number of carbonyl (C=O) groups is 1. The predicted octanol–water partition coefficient (Wildman–Crippen LogP) is 5.65. The fraction of sp³-hybridized carbons (Fsp3) is 0.217. The number of hydrogen-bond acceptors (Lipinski definition) is 4. The Balaban J connectivity index is 1.81. The summed E-state index contributed by atoms with van der Waals surface area (Å²) in [5.74, 6) is 0.0930. The van der Waals surface area contributed by atoms with Crippen molar-refractivity contribution in [2.75, 3.05) is 5.32 Å². The van der Waals surface area contributed by atoms with Crippen molar-refractivity contribution in [2.24, 2.45) is 5.92 Å². The highest BCUT2D eigenvalue weighted by molar-refractivity contribution is 7.10. The summed E-state index contributed by atoms with van der Waals surface area (Å²) >= 11 is 1.44. The fourth-order valence-electron chi connectivity index (χ4n) is 3.94. The second kappa shape index (κ2) is 6.78. The molecule has 27 heavy (non-hydrogen) atoms. The highest BCUT2D eigenvalue weighted by atomic mass is 32.1. The molecule has 4 heteroatoms. The Morgan fingerprint density at radius 2 is 1.85 bits per heavy atom. The summed E-state index contributed by atoms with van der Waals surface area (Å²) in [6.45, 7) is 8.13. The highest BCUT2D eigenvalue weighted by Crippen LogP contribution is 2.48. The third-order valence-corrected chi connectivity index (χ3v) is 6.23. The number of benzene rings is 2. The van der Waals surface area contributed by atoms with Gasteiger partial charge >= 0.3 is 0 Å². The number of nitrogens with one attached hydrogen (secondary N) is 1. The number of allylic oxidation sites excluding steroid dienone is 1. The lowest BCUT2D eigenvalue weighted by Crippen LogP contribution is -2.34. The second-order valence-electron chi connectivity index (χ2n) is 7.23. The van der Waals surface area contributed by atoms with Crippen LogP contribution in [0.1, 0.15) is 30.2 Å². The minimum absolute atomic E-state index is 0.133. The summed E-state index contributed by atoms with van der Waals surface area (Å²) in [5.41, 5.74) is 4.33. The molecule has 0 saturated heterocycles. The summed E-state index contributed by atoms with van der Waals surface area (Å²) in [4.78, 5) is 13.4. The van der Waals surface area contributed by atoms with Crippen LogP contribution in [0.2, 0.25) is 0 Å². The molecule has 1 aliphatic rings. The van der Waals surface area contributed by atoms with Crippen molar-refractivity contribution in [2.45, 2.75) is 25.7 Å². The van der Waals surface area contributed by atoms with Gasteiger partial charge in [0.15, 0.2) is 5.78 Å². The van der Waals surface area contributed by atoms with E-state index in [1.165, 1.54) is 11.5 Å². The molecule has 0 spiro atoms. The Labute approximate surface area is 163 Å². The Morgan fingerprint density at radius 3 is 2.48 bits per heavy atom. The largest absolute Gasteiger partial charge is 0.346 e. The topological polar surface area (TPSA) is 42.0 Å². The zero-order chi connectivity index (χ0) is 19.0. The van der Waals surface area contributed by atoms with Gasteiger partial charge in [0.25, 0.3) is 0 Å². The zero-order valence-corrected chi connectivity index (χ0v) is 16.3. The maximum Gasteiger partial charge on any atom is 0.154 e. The van der Waals surface area contributed by atoms with Crippen LogP contribution in [0.5, 0.6) is 0 Å². The van der Waals surface area contributed by atoms with Gasteiger partial charge in [-0.2, -0.15) is 4.37 Å². The molecule has 136 valence electrons. The van der Waals surface area contributed by atoms with Gasteiger partial charge < -0.3 is 5.32 Å². The van der Waals surface area contributed by atoms with Crippen molar-refractivity contribution in [3.63, 3.8) is 0 Å². The van der Waals surface area contributed by atoms with Crippen molar-refractivity contribution in [1.29, 1.82) is 0 Å². The molecular weight excluding hydrogens is 352 g/mol. The summed E-state index contributed by atoms with van der Waals surface area (Å²) in [6.07, 6.45) is 0.653. The molecule has 0 bridgehead atoms. The molecule has 4 rings (SSSR count). The first-order valence-electron chi connectivity index (χ1n) is 9.09. The molecule has 1 fully saturated rings. The highest BCUT2D eigenvalue weighted by Gasteiger charge is 2.50. The van der Waals surface area contributed by atoms with E-state index in [1.807, 2.05) is 50.2 Å². The third-order valence-electron chi connectivity index (χ3n) is 5.44. The van der Waals surface area contributed by atoms with Crippen molar-refractivity contribution in [1.82, 2.24) is 4.37 Å². The molecular formula is C23H22N2OS. The smallest absolute Gasteiger partial charge is 0.154 e. The number of hydrogen-bond donors (Lipinski definition) is 1. The molecule has 2 atom stereocenters. The van der Waals surface area contributed by atoms with Gasteiger partial charge in [-0.15, -0.1) is 0 Å². The fourth-order valence-corrected chi connectivity index (χ4v) is 4.62. The van der Waals surface area contributed by atoms with E-state index in [0.29, 0.717) is 6.42 Å². The maximum atomic E-state index is 13.4. The minimum Gasteiger partial charge on any atom is -0.346 e. The average molecular weight is 375 g/mol. The third kappa shape index (κ3) is 3.00. The lowest BCUT2D eigenvalue weighted by Gasteiger charge is -2.29. The molecule has 0 amide bonds. The van der Waals surface area contributed by atoms with Crippen LogP contribution < -0.4 is 5.32 Å². The van der Waals surface area contributed by atoms with Crippen molar-refractivity contribution in [3.8, 4) is 0 Å². The van der Waals surface area contributed by atoms with Crippen LogP contribution in [0.15, 0.2) is 72.8 Å². The molecule has 3 aromatic rings. The average Bonchev–Trinajstić information content (AvgIpc) is 3.19. The van der Waals surface area contributed by atoms with E-state index < -0.39 is 5.41 Å². The van der Waals surface area contributed by atoms with Gasteiger partial charge in [-0.3, -0.25) is 4.79 Å². The first-order valence-corrected chi connectivity index (χ1v) is 9.86. The quantitative estimate of drug-likeness (QED) is 0.600. The minimum atomic E-state index is -0.668. The Hall–Kier alpha value is -2.72. The van der Waals surface area contributed by atoms with E-state index in [0.717, 1.165) is 33.1 Å². The molecule has 0 radical (unpaired) electrons. The van der Waals surface area contributed by atoms with Crippen LogP contribution in [0.3, 0.4) is 0 Å². The lowest BCUT2D eigenvalue weighted by molar-refractivity contribution is -0.123. The van der Waals surface area contributed by atoms with Crippen LogP contribution in [-0.2, 0) is 10.2 Å². The predicted molar refractivity (Wildman–Crippen MR) is 112 cm³/mol. The van der Waals surface area contributed by atoms with Gasteiger partial charge in [0.05, 0.1) is 11.1 Å². The number of Topliss-reactive ketones (excluding diaryl/α,β-unsaturated/α-hetero) is 1. The maximum absolute atomic E-state index is 13.4. The molecule has 1 saturated carbocycles. The second-order valence-corrected chi connectivity index (χ2v) is 8.04. The van der Waals surface area contributed by atoms with Gasteiger partial charge in [-0.05, 0) is 54.2 Å². The molecule has 1 aliphatic carbocycles. The van der Waals surface area contributed by atoms with E-state index in [9.17, 15) is 4.79 Å². The first kappa shape index (κ1) is 17.7. The van der Waals surface area contributed by atoms with Gasteiger partial charge in [0.2, 0.25) is 0 Å². The van der Waals surface area contributed by atoms with Crippen LogP contribution in [0.25, 0.3) is 0 Å². The van der Waals surface area contributed by atoms with Crippen molar-refractivity contribution < 1.29 is 4.79 Å². The monoisotopic (exact) mass is 374 g/mol. The number of carbonyl (C=O) groups excluding carboxylic acids is 1. The summed E-state index contributed by atoms with van der Waals surface area (Å²) in [7, 11) is 0. The van der Waals surface area contributed by atoms with Gasteiger partial charge in [-0.1, -0.05) is 61.5 Å². The zero-order valence-electron chi connectivity index (χ0n) is 15.5. The van der Waals surface area contributed by atoms with Crippen molar-refractivity contribution in [3.05, 3.63) is 89.6 Å². The summed E-state index contributed by atoms with van der Waals surface area (Å²) in [5, 5.41) is 4.41. The number of aromatic nitrogens is 1. The number of nitrogens with zero attached hydrogens (tertiary/aromatic N) is 1. The number of ketones is 1. The van der Waals surface area contributed by atoms with E-state index in [1.54, 1.807) is 0 Å². The Bertz CT molecular complexity index is 1010. The van der Waals surface area contributed by atoms with Crippen molar-refractivity contribution >= 4 is 28.0 Å². The van der Waals surface area contributed by atoms with E-state index in [2.05, 4.69) is 40.5 Å². The summed E-state index contributed by atoms with van der Waals surface area (Å²) in [6, 6.07) is 20.3. The normalized spacial score (nSPS) is 22.2. The van der Waals surface area contributed by atoms with E-state index in [-0.39, 0.29) is 11.7 Å². The molecule has 2 unspecified atom stereocenters. The summed E-state index contributed by atoms with van der Waals surface area (Å²) < 4.78 is 4.32. The lowest BCUT2D eigenvalue weighted by atomic mass is 9.71. The molecule has 2 aromatic carbocycles. The Kier molecular flexibility index (Phi) is 4.44. The van der Waals surface area contributed by atoms with Gasteiger partial charge in [0, 0.05) is 11.6 Å². The number of rotatable bonds is 4. The standard InChI is InChI=1S/C23H22N2OS/c1-15-14-23(22(26)17(15)3,18-8-5-4-6-9-18)19-10-7-11-20(13-19)24-21-12-16(2)25-27-21/h4-13,17,24H,1,14H2,2-3H3. The molecule has 0 aliphatic heterocycles. The molecule has 1 heterocycles. The van der Waals surface area contributed by atoms with E-state index >= 15 is 0 Å². The Morgan fingerprint density at radius 1 is 1.11 bits per heavy atom. The molecule has 1 aromatic heterocycles. The molecule has 3 nitrogen and oxygen atoms in total. The SMILES string of the molecule is C=C1CC(c2ccccc2)(c2cccc(Nc3cc(C)ns3)c2)C(=O)C1C. The van der Waals surface area contributed by atoms with E-state index in [4.69, 9.17) is 0 Å². The first-order chi connectivity index (χ1) is 13.0. The number of aryl methyl sites for hydroxylation is 1. The molecule has 1 N–H and O–H groups in total. The van der Waals surface area contributed by atoms with Crippen LogP contribution in [0, 0.1) is 12.8 Å². The number of anilines is 2. The van der Waals surface area contributed by atoms with Gasteiger partial charge in [0.1, 0.15) is 5.00 Å². The van der Waals surface area contributed by atoms with Gasteiger partial charge in [-0.25, -0.2) is 0 Å². The van der Waals surface area contributed by atoms with Crippen LogP contribution >= 0.6 is 11.5 Å².